The third-order valence-corrected chi connectivity index (χ3v) is 7.31. The van der Waals surface area contributed by atoms with E-state index in [2.05, 4.69) is 96.2 Å². The molecule has 0 aromatic carbocycles. The maximum absolute atomic E-state index is 9.63. The summed E-state index contributed by atoms with van der Waals surface area (Å²) in [7, 11) is -10.1. The lowest BCUT2D eigenvalue weighted by Crippen LogP contribution is -1.84. The highest BCUT2D eigenvalue weighted by molar-refractivity contribution is 7.60. The minimum Gasteiger partial charge on any atom is -0.302 e. The molecule has 0 amide bonds. The largest absolute Gasteiger partial charge is 0.478 e. The first kappa shape index (κ1) is 39.8. The lowest BCUT2D eigenvalue weighted by molar-refractivity contribution is 0.225. The van der Waals surface area contributed by atoms with E-state index >= 15 is 0 Å². The summed E-state index contributed by atoms with van der Waals surface area (Å²) in [5, 5.41) is 0. The summed E-state index contributed by atoms with van der Waals surface area (Å²) >= 11 is 0. The normalized spacial score (nSPS) is 13.5. The second-order valence-corrected chi connectivity index (χ2v) is 13.2. The van der Waals surface area contributed by atoms with Gasteiger partial charge in [-0.05, 0) is 120 Å². The van der Waals surface area contributed by atoms with Crippen molar-refractivity contribution in [1.82, 2.24) is 0 Å². The van der Waals surface area contributed by atoms with Crippen LogP contribution in [0, 0.1) is 0 Å². The van der Waals surface area contributed by atoms with E-state index in [0.717, 1.165) is 0 Å². The van der Waals surface area contributed by atoms with E-state index in [1.54, 1.807) is 0 Å². The summed E-state index contributed by atoms with van der Waals surface area (Å²) in [5.74, 6) is 0. The highest BCUT2D eigenvalue weighted by atomic mass is 31.3. The molecule has 0 rings (SSSR count). The van der Waals surface area contributed by atoms with E-state index in [4.69, 9.17) is 19.6 Å². The van der Waals surface area contributed by atoms with Crippen LogP contribution in [-0.4, -0.2) is 19.6 Å². The van der Waals surface area contributed by atoms with Gasteiger partial charge in [-0.15, -0.1) is 0 Å². The zero-order valence-electron chi connectivity index (χ0n) is 25.4. The summed E-state index contributed by atoms with van der Waals surface area (Å²) in [6.07, 6.45) is 26.2. The zero-order chi connectivity index (χ0) is 30.5. The van der Waals surface area contributed by atoms with Crippen LogP contribution >= 0.6 is 15.6 Å². The molecule has 0 aliphatic heterocycles. The van der Waals surface area contributed by atoms with Crippen LogP contribution < -0.4 is 0 Å². The summed E-state index contributed by atoms with van der Waals surface area (Å²) in [5.41, 5.74) is 8.97. The van der Waals surface area contributed by atoms with E-state index in [1.165, 1.54) is 97.6 Å². The first-order chi connectivity index (χ1) is 17.9. The van der Waals surface area contributed by atoms with Crippen molar-refractivity contribution in [2.24, 2.45) is 0 Å². The molecular formula is C30H54O7P2. The summed E-state index contributed by atoms with van der Waals surface area (Å²) in [6, 6.07) is 0. The van der Waals surface area contributed by atoms with Gasteiger partial charge in [-0.2, -0.15) is 4.31 Å². The number of hydrogen-bond acceptors (Lipinski definition) is 3. The van der Waals surface area contributed by atoms with Crippen molar-refractivity contribution in [3.8, 4) is 0 Å². The second kappa shape index (κ2) is 22.4. The molecular weight excluding hydrogens is 534 g/mol. The molecule has 0 saturated heterocycles. The fourth-order valence-corrected chi connectivity index (χ4v) is 4.58. The topological polar surface area (TPSA) is 124 Å². The van der Waals surface area contributed by atoms with Gasteiger partial charge in [0.25, 0.3) is 0 Å². The summed E-state index contributed by atoms with van der Waals surface area (Å²) in [6.45, 7) is 17.8. The van der Waals surface area contributed by atoms with Crippen molar-refractivity contribution < 1.29 is 33.0 Å². The van der Waals surface area contributed by atoms with E-state index in [0.29, 0.717) is 0 Å². The molecule has 226 valence electrons. The van der Waals surface area contributed by atoms with Crippen LogP contribution in [0.25, 0.3) is 0 Å². The van der Waals surface area contributed by atoms with Crippen LogP contribution in [0.5, 0.6) is 0 Å². The smallest absolute Gasteiger partial charge is 0.302 e. The SMILES string of the molecule is CC(C)=CCCC(C)=CCCC(C)=CCCC=C(C)CCC=C(C)CCC=C(C)C.O=P(O)(O)OP(=O)(O)O. The predicted molar refractivity (Wildman–Crippen MR) is 165 cm³/mol. The third-order valence-electron chi connectivity index (χ3n) is 5.61. The molecule has 0 bridgehead atoms. The maximum Gasteiger partial charge on any atom is 0.478 e. The number of rotatable bonds is 17. The number of unbranched alkanes of at least 4 members (excludes halogenated alkanes) is 1. The van der Waals surface area contributed by atoms with Crippen LogP contribution in [0.3, 0.4) is 0 Å². The first-order valence-electron chi connectivity index (χ1n) is 13.6. The lowest BCUT2D eigenvalue weighted by Gasteiger charge is -2.03. The van der Waals surface area contributed by atoms with Gasteiger partial charge in [0.1, 0.15) is 0 Å². The Labute approximate surface area is 238 Å². The molecule has 39 heavy (non-hydrogen) atoms. The molecule has 0 radical (unpaired) electrons. The predicted octanol–water partition coefficient (Wildman–Crippen LogP) is 9.79. The van der Waals surface area contributed by atoms with Crippen molar-refractivity contribution >= 4 is 15.6 Å². The second-order valence-electron chi connectivity index (χ2n) is 10.6. The van der Waals surface area contributed by atoms with Crippen molar-refractivity contribution in [2.45, 2.75) is 120 Å². The van der Waals surface area contributed by atoms with Gasteiger partial charge < -0.3 is 19.6 Å². The molecule has 0 aliphatic carbocycles. The monoisotopic (exact) mass is 588 g/mol. The Balaban J connectivity index is 0. The van der Waals surface area contributed by atoms with Gasteiger partial charge in [0.15, 0.2) is 0 Å². The lowest BCUT2D eigenvalue weighted by atomic mass is 10.0. The van der Waals surface area contributed by atoms with Crippen LogP contribution in [0.15, 0.2) is 69.9 Å². The van der Waals surface area contributed by atoms with E-state index < -0.39 is 15.6 Å². The van der Waals surface area contributed by atoms with Crippen molar-refractivity contribution in [3.63, 3.8) is 0 Å². The van der Waals surface area contributed by atoms with E-state index in [1.807, 2.05) is 0 Å². The van der Waals surface area contributed by atoms with Gasteiger partial charge in [0.2, 0.25) is 0 Å². The molecule has 4 N–H and O–H groups in total. The van der Waals surface area contributed by atoms with Crippen molar-refractivity contribution in [3.05, 3.63) is 69.9 Å². The number of hydrogen-bond donors (Lipinski definition) is 4. The summed E-state index contributed by atoms with van der Waals surface area (Å²) in [4.78, 5) is 31.0. The quantitative estimate of drug-likeness (QED) is 0.0757. The Kier molecular flexibility index (Phi) is 22.9. The minimum atomic E-state index is -5.05. The molecule has 0 atom stereocenters. The van der Waals surface area contributed by atoms with Gasteiger partial charge in [0.05, 0.1) is 0 Å². The average Bonchev–Trinajstić information content (AvgIpc) is 2.74. The van der Waals surface area contributed by atoms with Gasteiger partial charge >= 0.3 is 15.6 Å². The standard InChI is InChI=1S/C30H50.H4O7P2/c1-25(2)15-11-19-29(7)23-13-21-27(5)17-9-10-18-28(6)22-14-24-30(8)20-12-16-26(3)4;1-8(2,3)7-9(4,5)6/h15-18,23-24H,9-14,19-22H2,1-8H3;(H2,1,2,3)(H2,4,5,6). The Bertz CT molecular complexity index is 887. The molecule has 9 heteroatoms. The van der Waals surface area contributed by atoms with Crippen molar-refractivity contribution in [2.75, 3.05) is 0 Å². The number of phosphoric acid groups is 2. The highest BCUT2D eigenvalue weighted by Crippen LogP contribution is 2.53. The van der Waals surface area contributed by atoms with Crippen LogP contribution in [-0.2, 0) is 13.4 Å². The highest BCUT2D eigenvalue weighted by Gasteiger charge is 2.27. The molecule has 0 saturated carbocycles. The Hall–Kier alpha value is -1.30. The average molecular weight is 589 g/mol. The van der Waals surface area contributed by atoms with Gasteiger partial charge in [-0.25, -0.2) is 9.13 Å². The Morgan fingerprint density at radius 2 is 0.692 bits per heavy atom. The molecule has 0 aromatic heterocycles. The zero-order valence-corrected chi connectivity index (χ0v) is 27.2. The molecule has 0 heterocycles. The molecule has 0 aromatic rings. The molecule has 7 nitrogen and oxygen atoms in total. The summed E-state index contributed by atoms with van der Waals surface area (Å²) < 4.78 is 22.2. The molecule has 0 fully saturated rings. The molecule has 0 unspecified atom stereocenters. The maximum atomic E-state index is 9.63. The Morgan fingerprint density at radius 3 is 0.897 bits per heavy atom. The van der Waals surface area contributed by atoms with Crippen LogP contribution in [0.1, 0.15) is 120 Å². The van der Waals surface area contributed by atoms with E-state index in [9.17, 15) is 9.13 Å². The fraction of sp³-hybridized carbons (Fsp3) is 0.600. The fourth-order valence-electron chi connectivity index (χ4n) is 3.48. The van der Waals surface area contributed by atoms with Gasteiger partial charge in [-0.3, -0.25) is 0 Å². The van der Waals surface area contributed by atoms with Gasteiger partial charge in [-0.1, -0.05) is 69.9 Å². The van der Waals surface area contributed by atoms with Gasteiger partial charge in [0, 0.05) is 0 Å². The van der Waals surface area contributed by atoms with E-state index in [-0.39, 0.29) is 0 Å². The molecule has 0 aliphatic rings. The Morgan fingerprint density at radius 1 is 0.462 bits per heavy atom. The first-order valence-corrected chi connectivity index (χ1v) is 16.7. The third kappa shape index (κ3) is 34.7. The molecule has 0 spiro atoms. The van der Waals surface area contributed by atoms with Crippen molar-refractivity contribution in [1.29, 1.82) is 0 Å². The minimum absolute atomic E-state index is 1.17. The van der Waals surface area contributed by atoms with Crippen LogP contribution in [0.4, 0.5) is 0 Å². The number of allylic oxidation sites excluding steroid dienone is 12. The van der Waals surface area contributed by atoms with Crippen LogP contribution in [0.2, 0.25) is 0 Å².